The number of piperidine rings is 1. The molecule has 26 heavy (non-hydrogen) atoms. The standard InChI is InChI=1S/C18H22N4O4/c1-3-26-10-9-21-14(23)8-7-13(16(21)19)22-17(24)11-5-4-6-12(20-2)15(11)18(22)25/h4-6,13,19-20H,3,7-10H2,1-2H3. The minimum absolute atomic E-state index is 0.0264. The Hall–Kier alpha value is -2.74. The van der Waals surface area contributed by atoms with Gasteiger partial charge < -0.3 is 10.1 Å². The topological polar surface area (TPSA) is 103 Å². The molecule has 0 spiro atoms. The van der Waals surface area contributed by atoms with Gasteiger partial charge in [-0.15, -0.1) is 0 Å². The summed E-state index contributed by atoms with van der Waals surface area (Å²) in [5.41, 5.74) is 1.23. The molecule has 0 saturated carbocycles. The summed E-state index contributed by atoms with van der Waals surface area (Å²) in [6.45, 7) is 2.92. The summed E-state index contributed by atoms with van der Waals surface area (Å²) >= 11 is 0. The number of carbonyl (C=O) groups excluding carboxylic acids is 3. The smallest absolute Gasteiger partial charge is 0.264 e. The third kappa shape index (κ3) is 2.86. The van der Waals surface area contributed by atoms with E-state index in [1.807, 2.05) is 6.92 Å². The highest BCUT2D eigenvalue weighted by Gasteiger charge is 2.46. The number of amides is 3. The van der Waals surface area contributed by atoms with E-state index >= 15 is 0 Å². The Morgan fingerprint density at radius 3 is 2.73 bits per heavy atom. The van der Waals surface area contributed by atoms with Crippen molar-refractivity contribution in [3.05, 3.63) is 29.3 Å². The van der Waals surface area contributed by atoms with E-state index in [2.05, 4.69) is 5.32 Å². The van der Waals surface area contributed by atoms with Crippen LogP contribution >= 0.6 is 0 Å². The van der Waals surface area contributed by atoms with Crippen LogP contribution in [0.5, 0.6) is 0 Å². The monoisotopic (exact) mass is 358 g/mol. The number of hydrogen-bond donors (Lipinski definition) is 2. The summed E-state index contributed by atoms with van der Waals surface area (Å²) in [6.07, 6.45) is 0.453. The Morgan fingerprint density at radius 1 is 1.27 bits per heavy atom. The van der Waals surface area contributed by atoms with Crippen molar-refractivity contribution in [1.29, 1.82) is 5.41 Å². The lowest BCUT2D eigenvalue weighted by Crippen LogP contribution is -2.56. The minimum atomic E-state index is -0.744. The number of amidine groups is 1. The predicted molar refractivity (Wildman–Crippen MR) is 95.4 cm³/mol. The Kier molecular flexibility index (Phi) is 5.03. The second-order valence-electron chi connectivity index (χ2n) is 6.14. The molecule has 2 N–H and O–H groups in total. The molecule has 1 atom stereocenters. The first-order chi connectivity index (χ1) is 12.5. The normalized spacial score (nSPS) is 20.0. The maximum Gasteiger partial charge on any atom is 0.264 e. The quantitative estimate of drug-likeness (QED) is 0.590. The number of fused-ring (bicyclic) bond motifs is 1. The fourth-order valence-electron chi connectivity index (χ4n) is 3.44. The fraction of sp³-hybridized carbons (Fsp3) is 0.444. The number of anilines is 1. The first kappa shape index (κ1) is 18.1. The second kappa shape index (κ2) is 7.25. The summed E-state index contributed by atoms with van der Waals surface area (Å²) in [4.78, 5) is 40.3. The van der Waals surface area contributed by atoms with E-state index in [0.717, 1.165) is 4.90 Å². The molecule has 1 fully saturated rings. The number of imide groups is 1. The predicted octanol–water partition coefficient (Wildman–Crippen LogP) is 1.33. The highest BCUT2D eigenvalue weighted by Crippen LogP contribution is 2.33. The minimum Gasteiger partial charge on any atom is -0.387 e. The van der Waals surface area contributed by atoms with Crippen LogP contribution in [0.3, 0.4) is 0 Å². The molecule has 0 bridgehead atoms. The fourth-order valence-corrected chi connectivity index (χ4v) is 3.44. The van der Waals surface area contributed by atoms with E-state index in [0.29, 0.717) is 30.0 Å². The van der Waals surface area contributed by atoms with Crippen LogP contribution < -0.4 is 5.32 Å². The molecule has 3 rings (SSSR count). The Morgan fingerprint density at radius 2 is 2.04 bits per heavy atom. The van der Waals surface area contributed by atoms with Crippen LogP contribution in [0.2, 0.25) is 0 Å². The number of hydrogen-bond acceptors (Lipinski definition) is 6. The molecule has 1 saturated heterocycles. The summed E-state index contributed by atoms with van der Waals surface area (Å²) in [5, 5.41) is 11.3. The molecular weight excluding hydrogens is 336 g/mol. The van der Waals surface area contributed by atoms with Crippen molar-refractivity contribution in [2.24, 2.45) is 0 Å². The van der Waals surface area contributed by atoms with E-state index in [1.165, 1.54) is 4.90 Å². The van der Waals surface area contributed by atoms with Crippen molar-refractivity contribution in [2.75, 3.05) is 32.1 Å². The maximum absolute atomic E-state index is 12.9. The number of ether oxygens (including phenoxy) is 1. The van der Waals surface area contributed by atoms with Crippen molar-refractivity contribution in [1.82, 2.24) is 9.80 Å². The van der Waals surface area contributed by atoms with Gasteiger partial charge in [0.1, 0.15) is 5.84 Å². The molecule has 0 radical (unpaired) electrons. The number of nitrogens with one attached hydrogen (secondary N) is 2. The average Bonchev–Trinajstić information content (AvgIpc) is 2.89. The number of likely N-dealkylation sites (tertiary alicyclic amines) is 1. The number of benzene rings is 1. The van der Waals surface area contributed by atoms with Crippen LogP contribution in [-0.2, 0) is 9.53 Å². The number of carbonyl (C=O) groups is 3. The molecule has 138 valence electrons. The molecule has 2 aliphatic rings. The van der Waals surface area contributed by atoms with E-state index in [1.54, 1.807) is 25.2 Å². The van der Waals surface area contributed by atoms with Gasteiger partial charge in [0.15, 0.2) is 0 Å². The van der Waals surface area contributed by atoms with Gasteiger partial charge in [0, 0.05) is 25.8 Å². The molecule has 1 unspecified atom stereocenters. The van der Waals surface area contributed by atoms with Gasteiger partial charge in [-0.3, -0.25) is 29.6 Å². The van der Waals surface area contributed by atoms with Gasteiger partial charge in [-0.05, 0) is 25.5 Å². The third-order valence-corrected chi connectivity index (χ3v) is 4.73. The van der Waals surface area contributed by atoms with Gasteiger partial charge in [-0.1, -0.05) is 6.07 Å². The largest absolute Gasteiger partial charge is 0.387 e. The van der Waals surface area contributed by atoms with Crippen LogP contribution in [0.1, 0.15) is 40.5 Å². The molecule has 2 heterocycles. The van der Waals surface area contributed by atoms with Crippen LogP contribution in [0, 0.1) is 5.41 Å². The zero-order valence-corrected chi connectivity index (χ0v) is 14.9. The summed E-state index contributed by atoms with van der Waals surface area (Å²) in [6, 6.07) is 4.31. The maximum atomic E-state index is 12.9. The summed E-state index contributed by atoms with van der Waals surface area (Å²) in [7, 11) is 1.69. The van der Waals surface area contributed by atoms with Crippen molar-refractivity contribution < 1.29 is 19.1 Å². The van der Waals surface area contributed by atoms with Gasteiger partial charge in [-0.25, -0.2) is 0 Å². The lowest BCUT2D eigenvalue weighted by molar-refractivity contribution is -0.129. The van der Waals surface area contributed by atoms with Gasteiger partial charge in [0.25, 0.3) is 11.8 Å². The van der Waals surface area contributed by atoms with E-state index in [-0.39, 0.29) is 31.1 Å². The average molecular weight is 358 g/mol. The lowest BCUT2D eigenvalue weighted by atomic mass is 10.0. The highest BCUT2D eigenvalue weighted by atomic mass is 16.5. The van der Waals surface area contributed by atoms with Gasteiger partial charge in [-0.2, -0.15) is 0 Å². The molecule has 8 nitrogen and oxygen atoms in total. The van der Waals surface area contributed by atoms with E-state index < -0.39 is 17.9 Å². The van der Waals surface area contributed by atoms with Crippen molar-refractivity contribution in [3.63, 3.8) is 0 Å². The lowest BCUT2D eigenvalue weighted by Gasteiger charge is -2.36. The van der Waals surface area contributed by atoms with Crippen molar-refractivity contribution >= 4 is 29.2 Å². The summed E-state index contributed by atoms with van der Waals surface area (Å²) < 4.78 is 5.27. The number of rotatable bonds is 6. The van der Waals surface area contributed by atoms with Crippen LogP contribution in [0.25, 0.3) is 0 Å². The molecular formula is C18H22N4O4. The first-order valence-electron chi connectivity index (χ1n) is 8.66. The highest BCUT2D eigenvalue weighted by molar-refractivity contribution is 6.25. The first-order valence-corrected chi connectivity index (χ1v) is 8.66. The Bertz CT molecular complexity index is 776. The van der Waals surface area contributed by atoms with Crippen molar-refractivity contribution in [2.45, 2.75) is 25.8 Å². The molecule has 8 heteroatoms. The molecule has 1 aromatic carbocycles. The molecule has 3 amide bonds. The van der Waals surface area contributed by atoms with Crippen LogP contribution in [-0.4, -0.2) is 66.2 Å². The Labute approximate surface area is 151 Å². The zero-order valence-electron chi connectivity index (χ0n) is 14.9. The molecule has 0 aromatic heterocycles. The van der Waals surface area contributed by atoms with E-state index in [4.69, 9.17) is 10.1 Å². The zero-order chi connectivity index (χ0) is 18.8. The van der Waals surface area contributed by atoms with Crippen LogP contribution in [0.15, 0.2) is 18.2 Å². The van der Waals surface area contributed by atoms with Crippen molar-refractivity contribution in [3.8, 4) is 0 Å². The molecule has 0 aliphatic carbocycles. The SMILES string of the molecule is CCOCCN1C(=N)C(N2C(=O)c3cccc(NC)c3C2=O)CCC1=O. The summed E-state index contributed by atoms with van der Waals surface area (Å²) in [5.74, 6) is -1.06. The van der Waals surface area contributed by atoms with Gasteiger partial charge in [0.05, 0.1) is 30.3 Å². The Balaban J connectivity index is 1.87. The second-order valence-corrected chi connectivity index (χ2v) is 6.14. The third-order valence-electron chi connectivity index (χ3n) is 4.73. The molecule has 1 aromatic rings. The van der Waals surface area contributed by atoms with Gasteiger partial charge in [0.2, 0.25) is 5.91 Å². The van der Waals surface area contributed by atoms with Crippen LogP contribution in [0.4, 0.5) is 5.69 Å². The van der Waals surface area contributed by atoms with Gasteiger partial charge >= 0.3 is 0 Å². The van der Waals surface area contributed by atoms with E-state index in [9.17, 15) is 14.4 Å². The molecule has 2 aliphatic heterocycles. The number of nitrogens with zero attached hydrogens (tertiary/aromatic N) is 2.